The van der Waals surface area contributed by atoms with Crippen LogP contribution < -0.4 is 0 Å². The summed E-state index contributed by atoms with van der Waals surface area (Å²) in [5.74, 6) is -8.33. The highest BCUT2D eigenvalue weighted by Crippen LogP contribution is 2.23. The quantitative estimate of drug-likeness (QED) is 0.225. The van der Waals surface area contributed by atoms with Crippen molar-refractivity contribution in [1.29, 1.82) is 0 Å². The fraction of sp³-hybridized carbons (Fsp3) is 0. The molecule has 1 aromatic carbocycles. The number of nitrogens with zero attached hydrogens (tertiary/aromatic N) is 1. The summed E-state index contributed by atoms with van der Waals surface area (Å²) >= 11 is 0. The SMILES string of the molecule is O=[N+]([O-])c1[c]c(F)c(F)c(F)c1F. The van der Waals surface area contributed by atoms with Gasteiger partial charge < -0.3 is 0 Å². The first kappa shape index (κ1) is 9.43. The van der Waals surface area contributed by atoms with E-state index in [1.165, 1.54) is 0 Å². The zero-order valence-electron chi connectivity index (χ0n) is 5.78. The molecular weight excluding hydrogens is 194 g/mol. The summed E-state index contributed by atoms with van der Waals surface area (Å²) in [5, 5.41) is 9.92. The fourth-order valence-corrected chi connectivity index (χ4v) is 0.636. The van der Waals surface area contributed by atoms with Gasteiger partial charge in [0.05, 0.1) is 4.92 Å². The Morgan fingerprint density at radius 3 is 2.08 bits per heavy atom. The largest absolute Gasteiger partial charge is 0.319 e. The van der Waals surface area contributed by atoms with Gasteiger partial charge in [-0.1, -0.05) is 0 Å². The summed E-state index contributed by atoms with van der Waals surface area (Å²) in [7, 11) is 0. The summed E-state index contributed by atoms with van der Waals surface area (Å²) < 4.78 is 49.2. The van der Waals surface area contributed by atoms with Gasteiger partial charge in [-0.15, -0.1) is 0 Å². The van der Waals surface area contributed by atoms with Crippen molar-refractivity contribution in [2.45, 2.75) is 0 Å². The molecule has 13 heavy (non-hydrogen) atoms. The van der Waals surface area contributed by atoms with Crippen molar-refractivity contribution in [2.75, 3.05) is 0 Å². The third-order valence-electron chi connectivity index (χ3n) is 1.20. The molecule has 0 aliphatic rings. The monoisotopic (exact) mass is 194 g/mol. The first-order valence-corrected chi connectivity index (χ1v) is 2.84. The number of nitro benzene ring substituents is 1. The highest BCUT2D eigenvalue weighted by molar-refractivity contribution is 5.32. The Hall–Kier alpha value is -1.66. The van der Waals surface area contributed by atoms with E-state index in [0.717, 1.165) is 6.07 Å². The normalized spacial score (nSPS) is 10.2. The molecule has 0 N–H and O–H groups in total. The molecule has 7 heteroatoms. The van der Waals surface area contributed by atoms with Crippen LogP contribution in [0.1, 0.15) is 0 Å². The van der Waals surface area contributed by atoms with Crippen molar-refractivity contribution in [1.82, 2.24) is 0 Å². The molecule has 0 amide bonds. The molecule has 0 spiro atoms. The third-order valence-corrected chi connectivity index (χ3v) is 1.20. The molecule has 0 aliphatic carbocycles. The van der Waals surface area contributed by atoms with E-state index in [4.69, 9.17) is 0 Å². The summed E-state index contributed by atoms with van der Waals surface area (Å²) in [5.41, 5.74) is -1.56. The lowest BCUT2D eigenvalue weighted by atomic mass is 10.3. The molecule has 3 nitrogen and oxygen atoms in total. The molecule has 0 heterocycles. The minimum absolute atomic E-state index is 1.13. The molecule has 69 valence electrons. The van der Waals surface area contributed by atoms with Crippen LogP contribution >= 0.6 is 0 Å². The Balaban J connectivity index is 3.50. The zero-order chi connectivity index (χ0) is 10.2. The Bertz CT molecular complexity index is 379. The molecular formula is C6F4NO2. The lowest BCUT2D eigenvalue weighted by Crippen LogP contribution is -2.01. The number of hydrogen-bond donors (Lipinski definition) is 0. The van der Waals surface area contributed by atoms with Crippen LogP contribution in [-0.4, -0.2) is 4.92 Å². The van der Waals surface area contributed by atoms with E-state index in [0.29, 0.717) is 0 Å². The zero-order valence-corrected chi connectivity index (χ0v) is 5.78. The van der Waals surface area contributed by atoms with Crippen LogP contribution in [0.5, 0.6) is 0 Å². The second-order valence-corrected chi connectivity index (χ2v) is 1.99. The molecule has 0 saturated carbocycles. The van der Waals surface area contributed by atoms with Crippen molar-refractivity contribution >= 4 is 5.69 Å². The average Bonchev–Trinajstić information content (AvgIpc) is 2.07. The highest BCUT2D eigenvalue weighted by Gasteiger charge is 2.26. The van der Waals surface area contributed by atoms with Crippen molar-refractivity contribution in [3.63, 3.8) is 0 Å². The Morgan fingerprint density at radius 2 is 1.62 bits per heavy atom. The van der Waals surface area contributed by atoms with Crippen molar-refractivity contribution < 1.29 is 22.5 Å². The van der Waals surface area contributed by atoms with E-state index in [9.17, 15) is 27.7 Å². The van der Waals surface area contributed by atoms with Crippen molar-refractivity contribution in [3.05, 3.63) is 39.4 Å². The van der Waals surface area contributed by atoms with E-state index in [1.54, 1.807) is 0 Å². The number of nitro groups is 1. The first-order chi connectivity index (χ1) is 5.95. The van der Waals surface area contributed by atoms with Gasteiger partial charge in [-0.05, 0) is 0 Å². The van der Waals surface area contributed by atoms with E-state index in [2.05, 4.69) is 0 Å². The molecule has 0 bridgehead atoms. The predicted octanol–water partition coefficient (Wildman–Crippen LogP) is 1.95. The Kier molecular flexibility index (Phi) is 2.18. The molecule has 0 aliphatic heterocycles. The number of benzene rings is 1. The predicted molar refractivity (Wildman–Crippen MR) is 31.8 cm³/mol. The van der Waals surface area contributed by atoms with Gasteiger partial charge in [-0.2, -0.15) is 4.39 Å². The molecule has 1 rings (SSSR count). The van der Waals surface area contributed by atoms with Crippen LogP contribution in [0, 0.1) is 39.4 Å². The lowest BCUT2D eigenvalue weighted by Gasteiger charge is -1.96. The third kappa shape index (κ3) is 1.44. The van der Waals surface area contributed by atoms with Gasteiger partial charge in [-0.25, -0.2) is 13.2 Å². The van der Waals surface area contributed by atoms with Gasteiger partial charge in [0.2, 0.25) is 11.6 Å². The number of halogens is 4. The molecule has 0 aromatic heterocycles. The molecule has 0 atom stereocenters. The van der Waals surface area contributed by atoms with E-state index in [-0.39, 0.29) is 0 Å². The summed E-state index contributed by atoms with van der Waals surface area (Å²) in [6.07, 6.45) is 0. The maximum Gasteiger partial charge on any atom is 0.319 e. The maximum absolute atomic E-state index is 12.4. The number of hydrogen-bond acceptors (Lipinski definition) is 2. The topological polar surface area (TPSA) is 43.1 Å². The van der Waals surface area contributed by atoms with Gasteiger partial charge in [-0.3, -0.25) is 10.1 Å². The molecule has 0 fully saturated rings. The highest BCUT2D eigenvalue weighted by atomic mass is 19.2. The smallest absolute Gasteiger partial charge is 0.258 e. The van der Waals surface area contributed by atoms with Crippen molar-refractivity contribution in [2.24, 2.45) is 0 Å². The second-order valence-electron chi connectivity index (χ2n) is 1.99. The van der Waals surface area contributed by atoms with Gasteiger partial charge in [0.25, 0.3) is 0 Å². The van der Waals surface area contributed by atoms with Gasteiger partial charge >= 0.3 is 5.69 Å². The minimum atomic E-state index is -2.22. The molecule has 0 unspecified atom stereocenters. The van der Waals surface area contributed by atoms with Gasteiger partial charge in [0, 0.05) is 0 Å². The lowest BCUT2D eigenvalue weighted by molar-refractivity contribution is -0.388. The molecule has 1 radical (unpaired) electrons. The van der Waals surface area contributed by atoms with E-state index >= 15 is 0 Å². The summed E-state index contributed by atoms with van der Waals surface area (Å²) in [4.78, 5) is 8.51. The minimum Gasteiger partial charge on any atom is -0.258 e. The molecule has 0 saturated heterocycles. The van der Waals surface area contributed by atoms with Gasteiger partial charge in [0.15, 0.2) is 11.6 Å². The maximum atomic E-state index is 12.4. The standard InChI is InChI=1S/C6F4NO2/c7-2-1-3(11(12)13)5(9)6(10)4(2)8. The van der Waals surface area contributed by atoms with Crippen LogP contribution in [0.15, 0.2) is 0 Å². The average molecular weight is 194 g/mol. The summed E-state index contributed by atoms with van der Waals surface area (Å²) in [6.45, 7) is 0. The van der Waals surface area contributed by atoms with E-state index in [1.807, 2.05) is 0 Å². The Labute approximate surface area is 68.7 Å². The van der Waals surface area contributed by atoms with Crippen LogP contribution in [0.2, 0.25) is 0 Å². The second kappa shape index (κ2) is 3.00. The van der Waals surface area contributed by atoms with Crippen LogP contribution in [0.3, 0.4) is 0 Å². The van der Waals surface area contributed by atoms with Crippen LogP contribution in [0.25, 0.3) is 0 Å². The van der Waals surface area contributed by atoms with Crippen LogP contribution in [-0.2, 0) is 0 Å². The van der Waals surface area contributed by atoms with Crippen molar-refractivity contribution in [3.8, 4) is 0 Å². The van der Waals surface area contributed by atoms with Crippen LogP contribution in [0.4, 0.5) is 23.2 Å². The summed E-state index contributed by atoms with van der Waals surface area (Å²) in [6, 6.07) is 1.13. The number of rotatable bonds is 1. The van der Waals surface area contributed by atoms with Gasteiger partial charge in [0.1, 0.15) is 6.07 Å². The first-order valence-electron chi connectivity index (χ1n) is 2.84. The molecule has 1 aromatic rings. The van der Waals surface area contributed by atoms with E-state index < -0.39 is 33.9 Å². The fourth-order valence-electron chi connectivity index (χ4n) is 0.636. The Morgan fingerprint density at radius 1 is 1.08 bits per heavy atom.